The molecule has 29 heavy (non-hydrogen) atoms. The van der Waals surface area contributed by atoms with Crippen molar-refractivity contribution in [3.63, 3.8) is 0 Å². The molecule has 3 heterocycles. The Kier molecular flexibility index (Phi) is 5.67. The summed E-state index contributed by atoms with van der Waals surface area (Å²) in [6.45, 7) is 11.1. The molecule has 0 aliphatic carbocycles. The average Bonchev–Trinajstić information content (AvgIpc) is 3.36. The maximum Gasteiger partial charge on any atom is 0.266 e. The van der Waals surface area contributed by atoms with Crippen molar-refractivity contribution in [3.05, 3.63) is 52.8 Å². The second-order valence-corrected chi connectivity index (χ2v) is 7.85. The van der Waals surface area contributed by atoms with Gasteiger partial charge in [-0.25, -0.2) is 0 Å². The van der Waals surface area contributed by atoms with Gasteiger partial charge in [0.1, 0.15) is 0 Å². The first-order valence-electron chi connectivity index (χ1n) is 10.4. The molecule has 1 saturated heterocycles. The number of carbonyl (C=O) groups excluding carboxylic acids is 1. The Hall–Kier alpha value is -2.67. The molecular formula is C22H29N5O2. The topological polar surface area (TPSA) is 63.0 Å². The summed E-state index contributed by atoms with van der Waals surface area (Å²) in [6.07, 6.45) is 1.98. The Morgan fingerprint density at radius 3 is 2.62 bits per heavy atom. The van der Waals surface area contributed by atoms with Crippen molar-refractivity contribution < 1.29 is 9.63 Å². The van der Waals surface area contributed by atoms with E-state index >= 15 is 0 Å². The van der Waals surface area contributed by atoms with Crippen molar-refractivity contribution in [1.82, 2.24) is 19.6 Å². The van der Waals surface area contributed by atoms with E-state index in [0.29, 0.717) is 6.42 Å². The first kappa shape index (κ1) is 19.6. The van der Waals surface area contributed by atoms with Crippen LogP contribution in [0.4, 0.5) is 0 Å². The highest BCUT2D eigenvalue weighted by atomic mass is 16.6. The molecule has 1 fully saturated rings. The smallest absolute Gasteiger partial charge is 0.266 e. The normalized spacial score (nSPS) is 19.9. The molecular weight excluding hydrogens is 366 g/mol. The molecule has 4 rings (SSSR count). The van der Waals surface area contributed by atoms with E-state index in [1.165, 1.54) is 11.1 Å². The SMILES string of the molecule is CCn1cc(C2=NOC(C(=O)N3CCN(Cc4ccccc4C)CC3)C2)c(C)n1. The summed E-state index contributed by atoms with van der Waals surface area (Å²) in [5, 5.41) is 8.66. The van der Waals surface area contributed by atoms with Crippen LogP contribution in [0.3, 0.4) is 0 Å². The lowest BCUT2D eigenvalue weighted by Gasteiger charge is -2.35. The van der Waals surface area contributed by atoms with Crippen LogP contribution in [-0.4, -0.2) is 63.5 Å². The van der Waals surface area contributed by atoms with Gasteiger partial charge >= 0.3 is 0 Å². The molecule has 1 aromatic carbocycles. The van der Waals surface area contributed by atoms with E-state index in [1.54, 1.807) is 0 Å². The van der Waals surface area contributed by atoms with Crippen LogP contribution in [0.1, 0.15) is 35.7 Å². The number of aryl methyl sites for hydroxylation is 3. The third kappa shape index (κ3) is 4.19. The molecule has 1 atom stereocenters. The van der Waals surface area contributed by atoms with E-state index in [-0.39, 0.29) is 5.91 Å². The summed E-state index contributed by atoms with van der Waals surface area (Å²) in [4.78, 5) is 22.8. The van der Waals surface area contributed by atoms with Crippen molar-refractivity contribution >= 4 is 11.6 Å². The highest BCUT2D eigenvalue weighted by molar-refractivity contribution is 6.04. The second kappa shape index (κ2) is 8.37. The highest BCUT2D eigenvalue weighted by Crippen LogP contribution is 2.21. The number of oxime groups is 1. The Balaban J connectivity index is 1.30. The van der Waals surface area contributed by atoms with Crippen molar-refractivity contribution in [2.45, 2.75) is 46.4 Å². The zero-order valence-corrected chi connectivity index (χ0v) is 17.5. The molecule has 2 aromatic rings. The second-order valence-electron chi connectivity index (χ2n) is 7.85. The Labute approximate surface area is 171 Å². The van der Waals surface area contributed by atoms with Gasteiger partial charge in [0.05, 0.1) is 11.4 Å². The summed E-state index contributed by atoms with van der Waals surface area (Å²) in [5.41, 5.74) is 5.39. The minimum atomic E-state index is -0.516. The van der Waals surface area contributed by atoms with Crippen molar-refractivity contribution in [3.8, 4) is 0 Å². The summed E-state index contributed by atoms with van der Waals surface area (Å²) < 4.78 is 1.88. The summed E-state index contributed by atoms with van der Waals surface area (Å²) in [5.74, 6) is 0.0415. The molecule has 1 aromatic heterocycles. The lowest BCUT2D eigenvalue weighted by molar-refractivity contribution is -0.143. The summed E-state index contributed by atoms with van der Waals surface area (Å²) in [6, 6.07) is 8.49. The molecule has 7 nitrogen and oxygen atoms in total. The molecule has 2 aliphatic rings. The van der Waals surface area contributed by atoms with Crippen molar-refractivity contribution in [2.24, 2.45) is 5.16 Å². The fourth-order valence-electron chi connectivity index (χ4n) is 3.99. The first-order chi connectivity index (χ1) is 14.0. The van der Waals surface area contributed by atoms with Crippen molar-refractivity contribution in [2.75, 3.05) is 26.2 Å². The summed E-state index contributed by atoms with van der Waals surface area (Å²) in [7, 11) is 0. The molecule has 2 aliphatic heterocycles. The predicted molar refractivity (Wildman–Crippen MR) is 112 cm³/mol. The molecule has 1 unspecified atom stereocenters. The lowest BCUT2D eigenvalue weighted by Crippen LogP contribution is -2.51. The van der Waals surface area contributed by atoms with Gasteiger partial charge in [-0.2, -0.15) is 5.10 Å². The van der Waals surface area contributed by atoms with Crippen LogP contribution >= 0.6 is 0 Å². The van der Waals surface area contributed by atoms with E-state index < -0.39 is 6.10 Å². The predicted octanol–water partition coefficient (Wildman–Crippen LogP) is 2.36. The van der Waals surface area contributed by atoms with Crippen LogP contribution in [0.2, 0.25) is 0 Å². The van der Waals surface area contributed by atoms with Crippen molar-refractivity contribution in [1.29, 1.82) is 0 Å². The highest BCUT2D eigenvalue weighted by Gasteiger charge is 2.34. The molecule has 0 bridgehead atoms. The van der Waals surface area contributed by atoms with Crippen LogP contribution in [0.15, 0.2) is 35.6 Å². The first-order valence-corrected chi connectivity index (χ1v) is 10.4. The van der Waals surface area contributed by atoms with Gasteiger partial charge < -0.3 is 9.74 Å². The van der Waals surface area contributed by atoms with Crippen LogP contribution < -0.4 is 0 Å². The average molecular weight is 396 g/mol. The zero-order chi connectivity index (χ0) is 20.4. The minimum Gasteiger partial charge on any atom is -0.382 e. The van der Waals surface area contributed by atoms with Gasteiger partial charge in [0, 0.05) is 57.4 Å². The number of aromatic nitrogens is 2. The van der Waals surface area contributed by atoms with Gasteiger partial charge in [0.15, 0.2) is 0 Å². The number of benzene rings is 1. The molecule has 1 amide bonds. The number of rotatable bonds is 5. The van der Waals surface area contributed by atoms with E-state index in [4.69, 9.17) is 4.84 Å². The number of hydrogen-bond donors (Lipinski definition) is 0. The maximum absolute atomic E-state index is 12.9. The fourth-order valence-corrected chi connectivity index (χ4v) is 3.99. The minimum absolute atomic E-state index is 0.0415. The van der Waals surface area contributed by atoms with E-state index in [9.17, 15) is 4.79 Å². The van der Waals surface area contributed by atoms with Gasteiger partial charge in [0.2, 0.25) is 6.10 Å². The van der Waals surface area contributed by atoms with Gasteiger partial charge in [0.25, 0.3) is 5.91 Å². The van der Waals surface area contributed by atoms with E-state index in [1.807, 2.05) is 29.6 Å². The van der Waals surface area contributed by atoms with Crippen LogP contribution in [0.5, 0.6) is 0 Å². The van der Waals surface area contributed by atoms with E-state index in [0.717, 1.165) is 56.2 Å². The standard InChI is InChI=1S/C22H29N5O2/c1-4-27-15-19(17(3)23-27)20-13-21(29-24-20)22(28)26-11-9-25(10-12-26)14-18-8-6-5-7-16(18)2/h5-8,15,21H,4,9-14H2,1-3H3. The maximum atomic E-state index is 12.9. The summed E-state index contributed by atoms with van der Waals surface area (Å²) >= 11 is 0. The number of carbonyl (C=O) groups is 1. The molecule has 7 heteroatoms. The Morgan fingerprint density at radius 2 is 1.93 bits per heavy atom. The molecule has 0 saturated carbocycles. The van der Waals surface area contributed by atoms with E-state index in [2.05, 4.69) is 46.3 Å². The lowest BCUT2D eigenvalue weighted by atomic mass is 10.0. The zero-order valence-electron chi connectivity index (χ0n) is 17.5. The van der Waals surface area contributed by atoms with Gasteiger partial charge in [-0.3, -0.25) is 14.4 Å². The number of piperazine rings is 1. The fraction of sp³-hybridized carbons (Fsp3) is 0.500. The Morgan fingerprint density at radius 1 is 1.17 bits per heavy atom. The number of nitrogens with zero attached hydrogens (tertiary/aromatic N) is 5. The van der Waals surface area contributed by atoms with Crippen LogP contribution in [0.25, 0.3) is 0 Å². The third-order valence-electron chi connectivity index (χ3n) is 5.86. The van der Waals surface area contributed by atoms with Crippen LogP contribution in [-0.2, 0) is 22.7 Å². The monoisotopic (exact) mass is 395 g/mol. The molecule has 0 spiro atoms. The van der Waals surface area contributed by atoms with Gasteiger partial charge in [-0.15, -0.1) is 0 Å². The Bertz CT molecular complexity index is 912. The quantitative estimate of drug-likeness (QED) is 0.780. The van der Waals surface area contributed by atoms with Crippen LogP contribution in [0, 0.1) is 13.8 Å². The number of hydrogen-bond acceptors (Lipinski definition) is 5. The molecule has 154 valence electrons. The van der Waals surface area contributed by atoms with Gasteiger partial charge in [-0.1, -0.05) is 29.4 Å². The molecule has 0 N–H and O–H groups in total. The number of amides is 1. The molecule has 0 radical (unpaired) electrons. The third-order valence-corrected chi connectivity index (χ3v) is 5.86. The largest absolute Gasteiger partial charge is 0.382 e. The van der Waals surface area contributed by atoms with Gasteiger partial charge in [-0.05, 0) is 31.9 Å².